The molecule has 0 amide bonds. The minimum atomic E-state index is -5.74. The monoisotopic (exact) mass is 390 g/mol. The van der Waals surface area contributed by atoms with Gasteiger partial charge in [-0.25, -0.2) is 0 Å². The van der Waals surface area contributed by atoms with Crippen LogP contribution in [0, 0.1) is 0 Å². The van der Waals surface area contributed by atoms with E-state index < -0.39 is 27.3 Å². The van der Waals surface area contributed by atoms with Crippen LogP contribution in [0.1, 0.15) is 12.5 Å². The molecule has 21 heavy (non-hydrogen) atoms. The first kappa shape index (κ1) is 17.8. The number of rotatable bonds is 5. The van der Waals surface area contributed by atoms with Crippen molar-refractivity contribution in [2.75, 3.05) is 6.61 Å². The Morgan fingerprint density at radius 2 is 1.95 bits per heavy atom. The number of alkyl halides is 3. The second-order valence-corrected chi connectivity index (χ2v) is 6.12. The highest BCUT2D eigenvalue weighted by Crippen LogP contribution is 2.32. The average molecular weight is 391 g/mol. The molecular formula is C11H10BrF3O5S. The second-order valence-electron chi connectivity index (χ2n) is 3.73. The summed E-state index contributed by atoms with van der Waals surface area (Å²) in [6, 6.07) is 3.56. The second kappa shape index (κ2) is 6.65. The maximum Gasteiger partial charge on any atom is 0.534 e. The van der Waals surface area contributed by atoms with Gasteiger partial charge in [0.05, 0.1) is 17.5 Å². The number of esters is 1. The van der Waals surface area contributed by atoms with Gasteiger partial charge in [-0.05, 0) is 40.5 Å². The Bertz CT molecular complexity index is 627. The summed E-state index contributed by atoms with van der Waals surface area (Å²) in [5, 5.41) is 0. The Kier molecular flexibility index (Phi) is 5.62. The third-order valence-corrected chi connectivity index (χ3v) is 3.72. The van der Waals surface area contributed by atoms with Crippen LogP contribution in [0.5, 0.6) is 5.75 Å². The molecule has 0 atom stereocenters. The van der Waals surface area contributed by atoms with Gasteiger partial charge < -0.3 is 8.92 Å². The lowest BCUT2D eigenvalue weighted by atomic mass is 10.1. The highest BCUT2D eigenvalue weighted by molar-refractivity contribution is 9.10. The summed E-state index contributed by atoms with van der Waals surface area (Å²) in [7, 11) is -5.74. The van der Waals surface area contributed by atoms with Crippen LogP contribution in [-0.4, -0.2) is 26.5 Å². The van der Waals surface area contributed by atoms with Crippen LogP contribution in [0.2, 0.25) is 0 Å². The van der Waals surface area contributed by atoms with E-state index >= 15 is 0 Å². The van der Waals surface area contributed by atoms with Gasteiger partial charge in [0.15, 0.2) is 5.75 Å². The Hall–Kier alpha value is -1.29. The summed E-state index contributed by atoms with van der Waals surface area (Å²) in [5.74, 6) is -1.04. The molecule has 0 spiro atoms. The normalized spacial score (nSPS) is 12.0. The standard InChI is InChI=1S/C11H10BrF3O5S/c1-2-19-10(16)6-7-3-4-9(8(12)5-7)20-21(17,18)11(13,14)15/h3-5H,2,6H2,1H3. The smallest absolute Gasteiger partial charge is 0.466 e. The van der Waals surface area contributed by atoms with Crippen LogP contribution in [0.15, 0.2) is 22.7 Å². The third kappa shape index (κ3) is 4.88. The molecule has 0 aliphatic heterocycles. The molecule has 118 valence electrons. The van der Waals surface area contributed by atoms with E-state index in [4.69, 9.17) is 4.74 Å². The number of carbonyl (C=O) groups is 1. The van der Waals surface area contributed by atoms with E-state index in [1.807, 2.05) is 0 Å². The molecule has 0 unspecified atom stereocenters. The van der Waals surface area contributed by atoms with E-state index in [-0.39, 0.29) is 17.5 Å². The van der Waals surface area contributed by atoms with E-state index in [1.165, 1.54) is 12.1 Å². The van der Waals surface area contributed by atoms with Crippen molar-refractivity contribution in [2.45, 2.75) is 18.9 Å². The molecule has 0 radical (unpaired) electrons. The summed E-state index contributed by atoms with van der Waals surface area (Å²) in [6.45, 7) is 1.83. The van der Waals surface area contributed by atoms with Gasteiger partial charge in [-0.1, -0.05) is 6.07 Å². The van der Waals surface area contributed by atoms with Gasteiger partial charge >= 0.3 is 21.6 Å². The Labute approximate surface area is 127 Å². The van der Waals surface area contributed by atoms with E-state index in [0.717, 1.165) is 6.07 Å². The van der Waals surface area contributed by atoms with Crippen LogP contribution in [0.3, 0.4) is 0 Å². The van der Waals surface area contributed by atoms with Gasteiger partial charge in [0.1, 0.15) is 0 Å². The average Bonchev–Trinajstić information content (AvgIpc) is 2.31. The molecular weight excluding hydrogens is 381 g/mol. The zero-order valence-corrected chi connectivity index (χ0v) is 13.0. The van der Waals surface area contributed by atoms with E-state index in [0.29, 0.717) is 5.56 Å². The van der Waals surface area contributed by atoms with Crippen molar-refractivity contribution in [3.63, 3.8) is 0 Å². The van der Waals surface area contributed by atoms with Crippen LogP contribution >= 0.6 is 15.9 Å². The molecule has 0 bridgehead atoms. The van der Waals surface area contributed by atoms with E-state index in [2.05, 4.69) is 20.1 Å². The number of ether oxygens (including phenoxy) is 1. The molecule has 0 aromatic heterocycles. The highest BCUT2D eigenvalue weighted by atomic mass is 79.9. The van der Waals surface area contributed by atoms with Gasteiger partial charge in [-0.2, -0.15) is 21.6 Å². The summed E-state index contributed by atoms with van der Waals surface area (Å²) in [6.07, 6.45) is -0.0985. The first-order valence-electron chi connectivity index (χ1n) is 5.51. The summed E-state index contributed by atoms with van der Waals surface area (Å²) in [4.78, 5) is 11.3. The van der Waals surface area contributed by atoms with Gasteiger partial charge in [0, 0.05) is 0 Å². The lowest BCUT2D eigenvalue weighted by Crippen LogP contribution is -2.28. The van der Waals surface area contributed by atoms with Crippen LogP contribution < -0.4 is 4.18 Å². The molecule has 1 rings (SSSR count). The predicted molar refractivity (Wildman–Crippen MR) is 70.1 cm³/mol. The minimum Gasteiger partial charge on any atom is -0.466 e. The van der Waals surface area contributed by atoms with E-state index in [9.17, 15) is 26.4 Å². The molecule has 1 aromatic rings. The fourth-order valence-electron chi connectivity index (χ4n) is 1.27. The molecule has 0 aliphatic carbocycles. The quantitative estimate of drug-likeness (QED) is 0.439. The maximum absolute atomic E-state index is 12.2. The number of hydrogen-bond acceptors (Lipinski definition) is 5. The molecule has 0 aliphatic rings. The van der Waals surface area contributed by atoms with E-state index in [1.54, 1.807) is 6.92 Å². The molecule has 5 nitrogen and oxygen atoms in total. The van der Waals surface area contributed by atoms with Gasteiger partial charge in [0.2, 0.25) is 0 Å². The van der Waals surface area contributed by atoms with Gasteiger partial charge in [-0.15, -0.1) is 0 Å². The predicted octanol–water partition coefficient (Wildman–Crippen LogP) is 2.78. The van der Waals surface area contributed by atoms with Crippen LogP contribution in [-0.2, 0) is 26.1 Å². The molecule has 1 aromatic carbocycles. The molecule has 0 heterocycles. The van der Waals surface area contributed by atoms with Crippen molar-refractivity contribution in [3.8, 4) is 5.75 Å². The molecule has 10 heteroatoms. The summed E-state index contributed by atoms with van der Waals surface area (Å²) in [5.41, 5.74) is -5.09. The Morgan fingerprint density at radius 1 is 1.33 bits per heavy atom. The van der Waals surface area contributed by atoms with Gasteiger partial charge in [0.25, 0.3) is 0 Å². The lowest BCUT2D eigenvalue weighted by Gasteiger charge is -2.11. The van der Waals surface area contributed by atoms with Crippen molar-refractivity contribution in [1.82, 2.24) is 0 Å². The Balaban J connectivity index is 2.92. The lowest BCUT2D eigenvalue weighted by molar-refractivity contribution is -0.142. The van der Waals surface area contributed by atoms with Crippen LogP contribution in [0.25, 0.3) is 0 Å². The minimum absolute atomic E-state index is 0.0304. The van der Waals surface area contributed by atoms with Crippen molar-refractivity contribution in [3.05, 3.63) is 28.2 Å². The summed E-state index contributed by atoms with van der Waals surface area (Å²) < 4.78 is 67.0. The van der Waals surface area contributed by atoms with Crippen molar-refractivity contribution in [1.29, 1.82) is 0 Å². The fraction of sp³-hybridized carbons (Fsp3) is 0.364. The first-order valence-corrected chi connectivity index (χ1v) is 7.71. The van der Waals surface area contributed by atoms with Gasteiger partial charge in [-0.3, -0.25) is 4.79 Å². The summed E-state index contributed by atoms with van der Waals surface area (Å²) >= 11 is 2.89. The molecule has 0 fully saturated rings. The molecule has 0 saturated heterocycles. The Morgan fingerprint density at radius 3 is 2.43 bits per heavy atom. The maximum atomic E-state index is 12.2. The topological polar surface area (TPSA) is 69.7 Å². The highest BCUT2D eigenvalue weighted by Gasteiger charge is 2.48. The number of benzene rings is 1. The zero-order chi connectivity index (χ0) is 16.3. The molecule has 0 N–H and O–H groups in total. The third-order valence-electron chi connectivity index (χ3n) is 2.13. The van der Waals surface area contributed by atoms with Crippen molar-refractivity contribution < 1.29 is 35.3 Å². The van der Waals surface area contributed by atoms with Crippen LogP contribution in [0.4, 0.5) is 13.2 Å². The largest absolute Gasteiger partial charge is 0.534 e. The number of hydrogen-bond donors (Lipinski definition) is 0. The zero-order valence-electron chi connectivity index (χ0n) is 10.6. The first-order chi connectivity index (χ1) is 9.56. The number of halogens is 4. The van der Waals surface area contributed by atoms with Crippen molar-refractivity contribution >= 4 is 32.0 Å². The SMILES string of the molecule is CCOC(=O)Cc1ccc(OS(=O)(=O)C(F)(F)F)c(Br)c1. The fourth-order valence-corrected chi connectivity index (χ4v) is 2.36. The van der Waals surface area contributed by atoms with Crippen molar-refractivity contribution in [2.24, 2.45) is 0 Å². The molecule has 0 saturated carbocycles. The number of carbonyl (C=O) groups excluding carboxylic acids is 1.